The molecule has 0 fully saturated rings. The third-order valence-electron chi connectivity index (χ3n) is 5.90. The Morgan fingerprint density at radius 2 is 1.56 bits per heavy atom. The first-order valence-corrected chi connectivity index (χ1v) is 13.9. The van der Waals surface area contributed by atoms with E-state index in [0.717, 1.165) is 11.1 Å². The van der Waals surface area contributed by atoms with Crippen molar-refractivity contribution in [2.75, 3.05) is 16.2 Å². The first kappa shape index (κ1) is 27.9. The molecule has 0 atom stereocenters. The number of ether oxygens (including phenoxy) is 1. The van der Waals surface area contributed by atoms with E-state index in [1.807, 2.05) is 6.92 Å². The van der Waals surface area contributed by atoms with Crippen LogP contribution in [-0.2, 0) is 21.4 Å². The second-order valence-corrected chi connectivity index (χ2v) is 11.2. The van der Waals surface area contributed by atoms with Gasteiger partial charge in [-0.25, -0.2) is 8.42 Å². The summed E-state index contributed by atoms with van der Waals surface area (Å²) >= 11 is 6.01. The standard InChI is InChI=1S/C30H27ClN2O5S/c1-21-6-16-29(17-7-21)39(36,37)33(19-23-8-10-25(31)11-9-23)27-12-14-28(15-13-27)38-20-30(35)32-26-5-3-4-24(18-26)22(2)34/h3-18H,19-20H2,1-2H3,(H,32,35). The number of Topliss-reactive ketones (excluding diaryl/α,β-unsaturated/α-hetero) is 1. The van der Waals surface area contributed by atoms with Crippen molar-refractivity contribution in [1.29, 1.82) is 0 Å². The van der Waals surface area contributed by atoms with Gasteiger partial charge in [0.2, 0.25) is 0 Å². The fourth-order valence-electron chi connectivity index (χ4n) is 3.78. The van der Waals surface area contributed by atoms with Crippen LogP contribution < -0.4 is 14.4 Å². The summed E-state index contributed by atoms with van der Waals surface area (Å²) in [7, 11) is -3.89. The monoisotopic (exact) mass is 562 g/mol. The molecule has 0 bridgehead atoms. The van der Waals surface area contributed by atoms with Crippen LogP contribution in [0.1, 0.15) is 28.4 Å². The van der Waals surface area contributed by atoms with Gasteiger partial charge in [0.1, 0.15) is 5.75 Å². The highest BCUT2D eigenvalue weighted by molar-refractivity contribution is 7.92. The molecule has 0 radical (unpaired) electrons. The Kier molecular flexibility index (Phi) is 8.69. The van der Waals surface area contributed by atoms with Gasteiger partial charge in [0.15, 0.2) is 12.4 Å². The molecule has 39 heavy (non-hydrogen) atoms. The predicted octanol–water partition coefficient (Wildman–Crippen LogP) is 6.26. The van der Waals surface area contributed by atoms with E-state index in [-0.39, 0.29) is 23.8 Å². The highest BCUT2D eigenvalue weighted by atomic mass is 35.5. The van der Waals surface area contributed by atoms with Gasteiger partial charge in [0.25, 0.3) is 15.9 Å². The van der Waals surface area contributed by atoms with Crippen molar-refractivity contribution in [2.45, 2.75) is 25.3 Å². The number of hydrogen-bond donors (Lipinski definition) is 1. The van der Waals surface area contributed by atoms with Crippen LogP contribution >= 0.6 is 11.6 Å². The van der Waals surface area contributed by atoms with E-state index < -0.39 is 15.9 Å². The largest absolute Gasteiger partial charge is 0.484 e. The number of anilines is 2. The number of nitrogens with zero attached hydrogens (tertiary/aromatic N) is 1. The Hall–Kier alpha value is -4.14. The number of halogens is 1. The van der Waals surface area contributed by atoms with Gasteiger partial charge in [-0.2, -0.15) is 0 Å². The summed E-state index contributed by atoms with van der Waals surface area (Å²) in [5, 5.41) is 3.26. The molecule has 0 heterocycles. The maximum absolute atomic E-state index is 13.6. The third kappa shape index (κ3) is 7.25. The second-order valence-electron chi connectivity index (χ2n) is 8.92. The van der Waals surface area contributed by atoms with Crippen LogP contribution in [0.5, 0.6) is 5.75 Å². The molecule has 0 aliphatic carbocycles. The smallest absolute Gasteiger partial charge is 0.264 e. The lowest BCUT2D eigenvalue weighted by Crippen LogP contribution is -2.30. The second kappa shape index (κ2) is 12.1. The number of aryl methyl sites for hydroxylation is 1. The Morgan fingerprint density at radius 3 is 2.21 bits per heavy atom. The lowest BCUT2D eigenvalue weighted by atomic mass is 10.1. The van der Waals surface area contributed by atoms with Crippen molar-refractivity contribution >= 4 is 44.7 Å². The zero-order valence-electron chi connectivity index (χ0n) is 21.4. The maximum Gasteiger partial charge on any atom is 0.264 e. The van der Waals surface area contributed by atoms with E-state index >= 15 is 0 Å². The number of rotatable bonds is 10. The molecule has 0 aromatic heterocycles. The highest BCUT2D eigenvalue weighted by Gasteiger charge is 2.25. The topological polar surface area (TPSA) is 92.8 Å². The average Bonchev–Trinajstić information content (AvgIpc) is 2.92. The van der Waals surface area contributed by atoms with E-state index in [2.05, 4.69) is 5.32 Å². The minimum Gasteiger partial charge on any atom is -0.484 e. The van der Waals surface area contributed by atoms with Crippen LogP contribution in [0, 0.1) is 6.92 Å². The number of carbonyl (C=O) groups excluding carboxylic acids is 2. The summed E-state index contributed by atoms with van der Waals surface area (Å²) < 4.78 is 34.2. The van der Waals surface area contributed by atoms with Crippen molar-refractivity contribution in [2.24, 2.45) is 0 Å². The van der Waals surface area contributed by atoms with Crippen molar-refractivity contribution in [3.8, 4) is 5.75 Å². The fourth-order valence-corrected chi connectivity index (χ4v) is 5.36. The molecule has 4 aromatic carbocycles. The van der Waals surface area contributed by atoms with Gasteiger partial charge in [0, 0.05) is 16.3 Å². The van der Waals surface area contributed by atoms with Gasteiger partial charge in [-0.3, -0.25) is 13.9 Å². The van der Waals surface area contributed by atoms with E-state index in [4.69, 9.17) is 16.3 Å². The quantitative estimate of drug-likeness (QED) is 0.230. The molecule has 9 heteroatoms. The van der Waals surface area contributed by atoms with Gasteiger partial charge in [-0.1, -0.05) is 53.6 Å². The predicted molar refractivity (Wildman–Crippen MR) is 153 cm³/mol. The van der Waals surface area contributed by atoms with Gasteiger partial charge < -0.3 is 10.1 Å². The average molecular weight is 563 g/mol. The lowest BCUT2D eigenvalue weighted by molar-refractivity contribution is -0.118. The van der Waals surface area contributed by atoms with Crippen LogP contribution in [0.4, 0.5) is 11.4 Å². The number of benzene rings is 4. The van der Waals surface area contributed by atoms with Gasteiger partial charge in [0.05, 0.1) is 17.1 Å². The van der Waals surface area contributed by atoms with Gasteiger partial charge in [-0.15, -0.1) is 0 Å². The SMILES string of the molecule is CC(=O)c1cccc(NC(=O)COc2ccc(N(Cc3ccc(Cl)cc3)S(=O)(=O)c3ccc(C)cc3)cc2)c1. The van der Waals surface area contributed by atoms with Crippen LogP contribution in [-0.4, -0.2) is 26.7 Å². The van der Waals surface area contributed by atoms with Gasteiger partial charge in [-0.05, 0) is 80.1 Å². The molecule has 7 nitrogen and oxygen atoms in total. The Morgan fingerprint density at radius 1 is 0.897 bits per heavy atom. The summed E-state index contributed by atoms with van der Waals surface area (Å²) in [6.07, 6.45) is 0. The van der Waals surface area contributed by atoms with Crippen molar-refractivity contribution in [1.82, 2.24) is 0 Å². The Labute approximate surface area is 233 Å². The molecule has 1 amide bonds. The molecular weight excluding hydrogens is 536 g/mol. The summed E-state index contributed by atoms with van der Waals surface area (Å²) in [5.41, 5.74) is 3.14. The maximum atomic E-state index is 13.6. The van der Waals surface area contributed by atoms with E-state index in [1.54, 1.807) is 97.1 Å². The molecule has 0 aliphatic heterocycles. The number of hydrogen-bond acceptors (Lipinski definition) is 5. The molecule has 0 spiro atoms. The zero-order valence-corrected chi connectivity index (χ0v) is 23.0. The van der Waals surface area contributed by atoms with Crippen molar-refractivity contribution in [3.05, 3.63) is 119 Å². The van der Waals surface area contributed by atoms with Crippen molar-refractivity contribution < 1.29 is 22.7 Å². The summed E-state index contributed by atoms with van der Waals surface area (Å²) in [6.45, 7) is 3.18. The normalized spacial score (nSPS) is 11.1. The Bertz CT molecular complexity index is 1570. The lowest BCUT2D eigenvalue weighted by Gasteiger charge is -2.25. The molecule has 4 aromatic rings. The minimum atomic E-state index is -3.89. The van der Waals surface area contributed by atoms with Crippen LogP contribution in [0.25, 0.3) is 0 Å². The summed E-state index contributed by atoms with van der Waals surface area (Å²) in [6, 6.07) is 26.8. The van der Waals surface area contributed by atoms with E-state index in [1.165, 1.54) is 11.2 Å². The first-order chi connectivity index (χ1) is 18.6. The minimum absolute atomic E-state index is 0.0926. The number of sulfonamides is 1. The summed E-state index contributed by atoms with van der Waals surface area (Å²) in [5.74, 6) is -0.103. The van der Waals surface area contributed by atoms with Gasteiger partial charge >= 0.3 is 0 Å². The number of nitrogens with one attached hydrogen (secondary N) is 1. The number of amides is 1. The fraction of sp³-hybridized carbons (Fsp3) is 0.133. The van der Waals surface area contributed by atoms with E-state index in [0.29, 0.717) is 27.7 Å². The molecule has 1 N–H and O–H groups in total. The highest BCUT2D eigenvalue weighted by Crippen LogP contribution is 2.28. The molecule has 4 rings (SSSR count). The van der Waals surface area contributed by atoms with Crippen molar-refractivity contribution in [3.63, 3.8) is 0 Å². The summed E-state index contributed by atoms with van der Waals surface area (Å²) in [4.78, 5) is 24.1. The zero-order chi connectivity index (χ0) is 28.0. The van der Waals surface area contributed by atoms with Crippen LogP contribution in [0.3, 0.4) is 0 Å². The molecule has 0 saturated carbocycles. The first-order valence-electron chi connectivity index (χ1n) is 12.1. The van der Waals surface area contributed by atoms with E-state index in [9.17, 15) is 18.0 Å². The van der Waals surface area contributed by atoms with Crippen LogP contribution in [0.15, 0.2) is 102 Å². The molecule has 0 saturated heterocycles. The molecule has 0 aliphatic rings. The molecule has 200 valence electrons. The number of carbonyl (C=O) groups is 2. The molecule has 0 unspecified atom stereocenters. The molecular formula is C30H27ClN2O5S. The number of ketones is 1. The van der Waals surface area contributed by atoms with Crippen LogP contribution in [0.2, 0.25) is 5.02 Å². The third-order valence-corrected chi connectivity index (χ3v) is 7.94. The Balaban J connectivity index is 1.50.